The molecule has 1 atom stereocenters. The molecule has 0 amide bonds. The molecule has 9 heteroatoms. The highest BCUT2D eigenvalue weighted by atomic mass is 19.4. The van der Waals surface area contributed by atoms with Gasteiger partial charge in [-0.05, 0) is 35.7 Å². The molecule has 2 heterocycles. The molecule has 3 aromatic rings. The van der Waals surface area contributed by atoms with E-state index in [0.29, 0.717) is 25.3 Å². The predicted molar refractivity (Wildman–Crippen MR) is 102 cm³/mol. The van der Waals surface area contributed by atoms with Gasteiger partial charge >= 0.3 is 12.4 Å². The molecule has 0 saturated heterocycles. The van der Waals surface area contributed by atoms with E-state index in [4.69, 9.17) is 0 Å². The van der Waals surface area contributed by atoms with Crippen LogP contribution < -0.4 is 0 Å². The average Bonchev–Trinajstić information content (AvgIpc) is 3.08. The van der Waals surface area contributed by atoms with E-state index < -0.39 is 23.5 Å². The lowest BCUT2D eigenvalue weighted by molar-refractivity contribution is -0.143. The first-order valence-corrected chi connectivity index (χ1v) is 9.71. The number of nitrogens with zero attached hydrogens (tertiary/aromatic N) is 3. The van der Waals surface area contributed by atoms with Crippen LogP contribution in [0.15, 0.2) is 60.9 Å². The minimum absolute atomic E-state index is 0.0388. The fourth-order valence-electron chi connectivity index (χ4n) is 4.00. The van der Waals surface area contributed by atoms with Gasteiger partial charge in [0.15, 0.2) is 0 Å². The summed E-state index contributed by atoms with van der Waals surface area (Å²) in [6.45, 7) is 1.10. The molecular formula is C22H19F6N3. The van der Waals surface area contributed by atoms with Crippen molar-refractivity contribution in [3.63, 3.8) is 0 Å². The van der Waals surface area contributed by atoms with E-state index in [-0.39, 0.29) is 24.2 Å². The molecule has 0 fully saturated rings. The SMILES string of the molecule is FC(F)(F)c1cc(CN2CCCn3ccnc3C2c2ccccc2)cc(C(F)(F)F)c1. The van der Waals surface area contributed by atoms with E-state index in [9.17, 15) is 26.3 Å². The molecule has 31 heavy (non-hydrogen) atoms. The maximum Gasteiger partial charge on any atom is 0.416 e. The van der Waals surface area contributed by atoms with Gasteiger partial charge < -0.3 is 4.57 Å². The molecule has 3 nitrogen and oxygen atoms in total. The van der Waals surface area contributed by atoms with Gasteiger partial charge in [0.05, 0.1) is 17.2 Å². The van der Waals surface area contributed by atoms with Gasteiger partial charge in [0.1, 0.15) is 5.82 Å². The van der Waals surface area contributed by atoms with Crippen LogP contribution in [-0.4, -0.2) is 21.0 Å². The molecule has 1 aliphatic rings. The molecule has 0 radical (unpaired) electrons. The normalized spacial score (nSPS) is 17.9. The summed E-state index contributed by atoms with van der Waals surface area (Å²) in [6.07, 6.45) is -5.56. The number of alkyl halides is 6. The highest BCUT2D eigenvalue weighted by Crippen LogP contribution is 2.38. The third-order valence-corrected chi connectivity index (χ3v) is 5.35. The number of rotatable bonds is 3. The number of aromatic nitrogens is 2. The first-order valence-electron chi connectivity index (χ1n) is 9.71. The Hall–Kier alpha value is -2.81. The van der Waals surface area contributed by atoms with Gasteiger partial charge in [0.2, 0.25) is 0 Å². The third kappa shape index (κ3) is 4.61. The van der Waals surface area contributed by atoms with Gasteiger partial charge in [0.25, 0.3) is 0 Å². The van der Waals surface area contributed by atoms with Crippen LogP contribution in [0, 0.1) is 0 Å². The highest BCUT2D eigenvalue weighted by Gasteiger charge is 2.37. The van der Waals surface area contributed by atoms with Crippen molar-refractivity contribution in [3.8, 4) is 0 Å². The summed E-state index contributed by atoms with van der Waals surface area (Å²) in [5.74, 6) is 0.715. The summed E-state index contributed by atoms with van der Waals surface area (Å²) in [4.78, 5) is 6.33. The van der Waals surface area contributed by atoms with Crippen LogP contribution in [0.5, 0.6) is 0 Å². The van der Waals surface area contributed by atoms with Crippen LogP contribution in [0.25, 0.3) is 0 Å². The van der Waals surface area contributed by atoms with Gasteiger partial charge in [-0.25, -0.2) is 4.98 Å². The second kappa shape index (κ2) is 8.03. The zero-order valence-corrected chi connectivity index (χ0v) is 16.3. The fourth-order valence-corrected chi connectivity index (χ4v) is 4.00. The number of imidazole rings is 1. The Balaban J connectivity index is 1.77. The second-order valence-corrected chi connectivity index (χ2v) is 7.53. The highest BCUT2D eigenvalue weighted by molar-refractivity contribution is 5.34. The number of hydrogen-bond donors (Lipinski definition) is 0. The van der Waals surface area contributed by atoms with Gasteiger partial charge in [-0.15, -0.1) is 0 Å². The van der Waals surface area contributed by atoms with Crippen molar-refractivity contribution in [3.05, 3.63) is 89.0 Å². The fraction of sp³-hybridized carbons (Fsp3) is 0.318. The standard InChI is InChI=1S/C22H19F6N3/c23-21(24,25)17-11-15(12-18(13-17)22(26,27)28)14-31-9-4-8-30-10-7-29-20(30)19(31)16-5-2-1-3-6-16/h1-3,5-7,10-13,19H,4,8-9,14H2. The van der Waals surface area contributed by atoms with Crippen molar-refractivity contribution in [2.24, 2.45) is 0 Å². The molecule has 1 aliphatic heterocycles. The van der Waals surface area contributed by atoms with Crippen molar-refractivity contribution < 1.29 is 26.3 Å². The minimum atomic E-state index is -4.87. The van der Waals surface area contributed by atoms with Gasteiger partial charge in [-0.3, -0.25) is 4.90 Å². The van der Waals surface area contributed by atoms with E-state index in [1.165, 1.54) is 0 Å². The molecule has 2 aromatic carbocycles. The van der Waals surface area contributed by atoms with Gasteiger partial charge in [0, 0.05) is 32.0 Å². The zero-order chi connectivity index (χ0) is 22.2. The van der Waals surface area contributed by atoms with Crippen molar-refractivity contribution in [1.82, 2.24) is 14.5 Å². The Bertz CT molecular complexity index is 1010. The maximum atomic E-state index is 13.3. The summed E-state index contributed by atoms with van der Waals surface area (Å²) < 4.78 is 81.7. The summed E-state index contributed by atoms with van der Waals surface area (Å²) in [6, 6.07) is 10.7. The lowest BCUT2D eigenvalue weighted by Crippen LogP contribution is -2.30. The van der Waals surface area contributed by atoms with Crippen molar-refractivity contribution in [2.75, 3.05) is 6.54 Å². The zero-order valence-electron chi connectivity index (χ0n) is 16.3. The number of fused-ring (bicyclic) bond motifs is 1. The van der Waals surface area contributed by atoms with E-state index >= 15 is 0 Å². The average molecular weight is 439 g/mol. The molecule has 0 bridgehead atoms. The molecule has 0 spiro atoms. The molecule has 4 rings (SSSR count). The lowest BCUT2D eigenvalue weighted by atomic mass is 10.0. The van der Waals surface area contributed by atoms with Crippen LogP contribution in [0.2, 0.25) is 0 Å². The Morgan fingerprint density at radius 1 is 0.871 bits per heavy atom. The van der Waals surface area contributed by atoms with Crippen LogP contribution in [0.3, 0.4) is 0 Å². The summed E-state index contributed by atoms with van der Waals surface area (Å²) in [5.41, 5.74) is -1.77. The van der Waals surface area contributed by atoms with Crippen molar-refractivity contribution in [2.45, 2.75) is 37.9 Å². The summed E-state index contributed by atoms with van der Waals surface area (Å²) in [5, 5.41) is 0. The van der Waals surface area contributed by atoms with E-state index in [0.717, 1.165) is 17.7 Å². The molecule has 0 N–H and O–H groups in total. The van der Waals surface area contributed by atoms with Crippen molar-refractivity contribution in [1.29, 1.82) is 0 Å². The molecule has 1 unspecified atom stereocenters. The van der Waals surface area contributed by atoms with Gasteiger partial charge in [-0.1, -0.05) is 30.3 Å². The second-order valence-electron chi connectivity index (χ2n) is 7.53. The van der Waals surface area contributed by atoms with Crippen molar-refractivity contribution >= 4 is 0 Å². The largest absolute Gasteiger partial charge is 0.416 e. The number of benzene rings is 2. The molecule has 0 aliphatic carbocycles. The molecular weight excluding hydrogens is 420 g/mol. The number of hydrogen-bond acceptors (Lipinski definition) is 2. The Morgan fingerprint density at radius 3 is 2.13 bits per heavy atom. The maximum absolute atomic E-state index is 13.3. The van der Waals surface area contributed by atoms with Crippen LogP contribution in [0.4, 0.5) is 26.3 Å². The van der Waals surface area contributed by atoms with Crippen LogP contribution in [0.1, 0.15) is 40.5 Å². The minimum Gasteiger partial charge on any atom is -0.333 e. The monoisotopic (exact) mass is 439 g/mol. The summed E-state index contributed by atoms with van der Waals surface area (Å²) in [7, 11) is 0. The Labute approximate surface area is 174 Å². The van der Waals surface area contributed by atoms with E-state index in [2.05, 4.69) is 4.98 Å². The van der Waals surface area contributed by atoms with Gasteiger partial charge in [-0.2, -0.15) is 26.3 Å². The first kappa shape index (κ1) is 21.4. The number of aryl methyl sites for hydroxylation is 1. The summed E-state index contributed by atoms with van der Waals surface area (Å²) >= 11 is 0. The Kier molecular flexibility index (Phi) is 5.55. The Morgan fingerprint density at radius 2 is 1.52 bits per heavy atom. The van der Waals surface area contributed by atoms with E-state index in [1.54, 1.807) is 6.20 Å². The number of halogens is 6. The third-order valence-electron chi connectivity index (χ3n) is 5.35. The smallest absolute Gasteiger partial charge is 0.333 e. The van der Waals surface area contributed by atoms with Crippen LogP contribution >= 0.6 is 0 Å². The predicted octanol–water partition coefficient (Wildman–Crippen LogP) is 5.92. The molecule has 1 aromatic heterocycles. The lowest BCUT2D eigenvalue weighted by Gasteiger charge is -2.30. The van der Waals surface area contributed by atoms with Crippen LogP contribution in [-0.2, 0) is 25.4 Å². The van der Waals surface area contributed by atoms with E-state index in [1.807, 2.05) is 46.0 Å². The first-order chi connectivity index (χ1) is 14.6. The topological polar surface area (TPSA) is 21.1 Å². The molecule has 0 saturated carbocycles. The molecule has 164 valence electrons. The quantitative estimate of drug-likeness (QED) is 0.473.